The number of benzene rings is 1. The van der Waals surface area contributed by atoms with E-state index >= 15 is 0 Å². The van der Waals surface area contributed by atoms with Crippen molar-refractivity contribution in [2.24, 2.45) is 5.92 Å². The normalized spacial score (nSPS) is 14.7. The van der Waals surface area contributed by atoms with Gasteiger partial charge in [-0.3, -0.25) is 4.79 Å². The lowest BCUT2D eigenvalue weighted by molar-refractivity contribution is -0.122. The predicted molar refractivity (Wildman–Crippen MR) is 73.7 cm³/mol. The molecule has 0 unspecified atom stereocenters. The summed E-state index contributed by atoms with van der Waals surface area (Å²) in [6.07, 6.45) is 3.90. The van der Waals surface area contributed by atoms with Crippen molar-refractivity contribution in [1.82, 2.24) is 10.6 Å². The Bertz CT molecular complexity index is 572. The lowest BCUT2D eigenvalue weighted by atomic mass is 10.2. The Kier molecular flexibility index (Phi) is 3.51. The topological polar surface area (TPSA) is 54.3 Å². The number of fused-ring (bicyclic) bond motifs is 1. The van der Waals surface area contributed by atoms with Gasteiger partial charge in [0.1, 0.15) is 5.58 Å². The summed E-state index contributed by atoms with van der Waals surface area (Å²) in [6.45, 7) is 2.22. The van der Waals surface area contributed by atoms with Crippen LogP contribution in [0.1, 0.15) is 18.4 Å². The molecule has 1 aliphatic carbocycles. The zero-order chi connectivity index (χ0) is 13.1. The molecular weight excluding hydrogens is 240 g/mol. The first-order chi connectivity index (χ1) is 9.34. The van der Waals surface area contributed by atoms with Gasteiger partial charge in [-0.05, 0) is 18.9 Å². The Morgan fingerprint density at radius 2 is 2.11 bits per heavy atom. The highest BCUT2D eigenvalue weighted by Gasteiger charge is 2.28. The van der Waals surface area contributed by atoms with Crippen LogP contribution in [0.3, 0.4) is 0 Å². The first-order valence-electron chi connectivity index (χ1n) is 6.78. The molecule has 1 aromatic carbocycles. The summed E-state index contributed by atoms with van der Waals surface area (Å²) in [5.41, 5.74) is 2.07. The molecule has 1 heterocycles. The molecule has 2 aromatic rings. The minimum Gasteiger partial charge on any atom is -0.464 e. The van der Waals surface area contributed by atoms with Crippen LogP contribution in [0, 0.1) is 5.92 Å². The highest BCUT2D eigenvalue weighted by Crippen LogP contribution is 2.28. The highest BCUT2D eigenvalue weighted by molar-refractivity contribution is 5.81. The number of carbonyl (C=O) groups excluding carboxylic acids is 1. The summed E-state index contributed by atoms with van der Waals surface area (Å²) >= 11 is 0. The van der Waals surface area contributed by atoms with Crippen LogP contribution in [0.4, 0.5) is 0 Å². The lowest BCUT2D eigenvalue weighted by Gasteiger charge is -2.05. The average molecular weight is 258 g/mol. The van der Waals surface area contributed by atoms with Crippen molar-refractivity contribution < 1.29 is 9.21 Å². The third-order valence-corrected chi connectivity index (χ3v) is 3.43. The summed E-state index contributed by atoms with van der Waals surface area (Å²) in [5, 5.41) is 7.41. The number of amides is 1. The van der Waals surface area contributed by atoms with E-state index in [-0.39, 0.29) is 11.8 Å². The summed E-state index contributed by atoms with van der Waals surface area (Å²) in [6, 6.07) is 8.01. The van der Waals surface area contributed by atoms with Gasteiger partial charge >= 0.3 is 0 Å². The minimum absolute atomic E-state index is 0.204. The fourth-order valence-electron chi connectivity index (χ4n) is 2.16. The maximum absolute atomic E-state index is 11.4. The first kappa shape index (κ1) is 12.2. The quantitative estimate of drug-likeness (QED) is 0.780. The summed E-state index contributed by atoms with van der Waals surface area (Å²) in [7, 11) is 0. The summed E-state index contributed by atoms with van der Waals surface area (Å²) in [4.78, 5) is 11.4. The van der Waals surface area contributed by atoms with Crippen LogP contribution >= 0.6 is 0 Å². The van der Waals surface area contributed by atoms with Gasteiger partial charge in [-0.25, -0.2) is 0 Å². The van der Waals surface area contributed by atoms with E-state index in [2.05, 4.69) is 16.7 Å². The highest BCUT2D eigenvalue weighted by atomic mass is 16.3. The Morgan fingerprint density at radius 1 is 1.26 bits per heavy atom. The molecular formula is C15H18N2O2. The lowest BCUT2D eigenvalue weighted by Crippen LogP contribution is -2.32. The van der Waals surface area contributed by atoms with E-state index in [1.54, 1.807) is 6.26 Å². The van der Waals surface area contributed by atoms with Crippen LogP contribution in [-0.2, 0) is 11.3 Å². The van der Waals surface area contributed by atoms with Gasteiger partial charge in [0.25, 0.3) is 0 Å². The molecule has 1 amide bonds. The van der Waals surface area contributed by atoms with Crippen molar-refractivity contribution >= 4 is 16.9 Å². The molecule has 1 aliphatic rings. The minimum atomic E-state index is 0.204. The molecule has 4 heteroatoms. The molecule has 1 fully saturated rings. The number of hydrogen-bond acceptors (Lipinski definition) is 3. The van der Waals surface area contributed by atoms with Gasteiger partial charge in [0.15, 0.2) is 0 Å². The smallest absolute Gasteiger partial charge is 0.223 e. The number of para-hydroxylation sites is 1. The molecule has 0 bridgehead atoms. The summed E-state index contributed by atoms with van der Waals surface area (Å²) in [5.74, 6) is 0.494. The van der Waals surface area contributed by atoms with Gasteiger partial charge < -0.3 is 15.1 Å². The Hall–Kier alpha value is -1.81. The molecule has 0 spiro atoms. The largest absolute Gasteiger partial charge is 0.464 e. The molecule has 0 saturated heterocycles. The van der Waals surface area contributed by atoms with Crippen molar-refractivity contribution in [1.29, 1.82) is 0 Å². The molecule has 0 radical (unpaired) electrons. The molecule has 2 N–H and O–H groups in total. The van der Waals surface area contributed by atoms with Gasteiger partial charge in [-0.2, -0.15) is 0 Å². The second-order valence-electron chi connectivity index (χ2n) is 5.00. The van der Waals surface area contributed by atoms with Gasteiger partial charge in [0.2, 0.25) is 5.91 Å². The van der Waals surface area contributed by atoms with E-state index in [9.17, 15) is 4.79 Å². The van der Waals surface area contributed by atoms with E-state index in [0.717, 1.165) is 42.5 Å². The second-order valence-corrected chi connectivity index (χ2v) is 5.00. The average Bonchev–Trinajstić information content (AvgIpc) is 3.21. The van der Waals surface area contributed by atoms with Crippen LogP contribution in [-0.4, -0.2) is 19.0 Å². The first-order valence-corrected chi connectivity index (χ1v) is 6.78. The SMILES string of the molecule is O=C(NCCNCc1coc2ccccc12)C1CC1. The van der Waals surface area contributed by atoms with Gasteiger partial charge in [0.05, 0.1) is 6.26 Å². The molecule has 100 valence electrons. The van der Waals surface area contributed by atoms with Crippen molar-refractivity contribution in [2.75, 3.05) is 13.1 Å². The monoisotopic (exact) mass is 258 g/mol. The van der Waals surface area contributed by atoms with Gasteiger partial charge in [-0.15, -0.1) is 0 Å². The van der Waals surface area contributed by atoms with Crippen LogP contribution in [0.2, 0.25) is 0 Å². The van der Waals surface area contributed by atoms with Gasteiger partial charge in [-0.1, -0.05) is 18.2 Å². The van der Waals surface area contributed by atoms with E-state index in [1.807, 2.05) is 18.2 Å². The molecule has 3 rings (SSSR count). The fourth-order valence-corrected chi connectivity index (χ4v) is 2.16. The number of rotatable bonds is 6. The zero-order valence-electron chi connectivity index (χ0n) is 10.8. The second kappa shape index (κ2) is 5.45. The maximum atomic E-state index is 11.4. The standard InChI is InChI=1S/C15H18N2O2/c18-15(11-5-6-11)17-8-7-16-9-12-10-19-14-4-2-1-3-13(12)14/h1-4,10-11,16H,5-9H2,(H,17,18). The fraction of sp³-hybridized carbons (Fsp3) is 0.400. The predicted octanol–water partition coefficient (Wildman–Crippen LogP) is 2.05. The molecule has 19 heavy (non-hydrogen) atoms. The van der Waals surface area contributed by atoms with Crippen molar-refractivity contribution in [3.8, 4) is 0 Å². The number of carbonyl (C=O) groups is 1. The Labute approximate surface area is 112 Å². The summed E-state index contributed by atoms with van der Waals surface area (Å²) < 4.78 is 5.47. The third kappa shape index (κ3) is 2.96. The van der Waals surface area contributed by atoms with Crippen molar-refractivity contribution in [2.45, 2.75) is 19.4 Å². The number of hydrogen-bond donors (Lipinski definition) is 2. The molecule has 0 atom stereocenters. The van der Waals surface area contributed by atoms with Crippen LogP contribution in [0.15, 0.2) is 34.9 Å². The van der Waals surface area contributed by atoms with Crippen LogP contribution in [0.25, 0.3) is 11.0 Å². The van der Waals surface area contributed by atoms with E-state index in [0.29, 0.717) is 6.54 Å². The van der Waals surface area contributed by atoms with Crippen molar-refractivity contribution in [3.05, 3.63) is 36.1 Å². The molecule has 0 aliphatic heterocycles. The number of furan rings is 1. The molecule has 1 saturated carbocycles. The van der Waals surface area contributed by atoms with Crippen LogP contribution < -0.4 is 10.6 Å². The molecule has 4 nitrogen and oxygen atoms in total. The number of nitrogens with one attached hydrogen (secondary N) is 2. The van der Waals surface area contributed by atoms with E-state index in [4.69, 9.17) is 4.42 Å². The van der Waals surface area contributed by atoms with E-state index in [1.165, 1.54) is 0 Å². The Balaban J connectivity index is 1.43. The van der Waals surface area contributed by atoms with Gasteiger partial charge in [0, 0.05) is 36.5 Å². The maximum Gasteiger partial charge on any atom is 0.223 e. The van der Waals surface area contributed by atoms with Crippen LogP contribution in [0.5, 0.6) is 0 Å². The van der Waals surface area contributed by atoms with E-state index < -0.39 is 0 Å². The third-order valence-electron chi connectivity index (χ3n) is 3.43. The van der Waals surface area contributed by atoms with Crippen molar-refractivity contribution in [3.63, 3.8) is 0 Å². The Morgan fingerprint density at radius 3 is 2.95 bits per heavy atom. The zero-order valence-corrected chi connectivity index (χ0v) is 10.8. The molecule has 1 aromatic heterocycles.